The molecule has 3 aliphatic rings. The molecule has 148 valence electrons. The Kier molecular flexibility index (Phi) is 5.31. The van der Waals surface area contributed by atoms with Gasteiger partial charge in [-0.1, -0.05) is 25.3 Å². The van der Waals surface area contributed by atoms with Crippen molar-refractivity contribution in [1.29, 1.82) is 0 Å². The predicted octanol–water partition coefficient (Wildman–Crippen LogP) is 3.36. The Hall–Kier alpha value is -1.75. The zero-order valence-electron chi connectivity index (χ0n) is 16.6. The summed E-state index contributed by atoms with van der Waals surface area (Å²) in [6.45, 7) is 7.23. The highest BCUT2D eigenvalue weighted by Crippen LogP contribution is 2.46. The number of hydrogen-bond donors (Lipinski definition) is 1. The number of aryl methyl sites for hydroxylation is 1. The average molecular weight is 372 g/mol. The standard InChI is InChI=1S/C22H33N3O2/c1-17-5-6-18(15-20(17)23)25-13-11-24(12-14-25)10-7-19-16-22(21(26)27-19)8-3-2-4-9-22/h5-6,15,19H,2-4,7-14,16,23H2,1H3. The molecular weight excluding hydrogens is 338 g/mol. The molecule has 4 rings (SSSR count). The lowest BCUT2D eigenvalue weighted by Crippen LogP contribution is -2.47. The van der Waals surface area contributed by atoms with Gasteiger partial charge in [0.2, 0.25) is 0 Å². The molecule has 27 heavy (non-hydrogen) atoms. The number of rotatable bonds is 4. The largest absolute Gasteiger partial charge is 0.462 e. The van der Waals surface area contributed by atoms with Crippen molar-refractivity contribution in [2.45, 2.75) is 58.0 Å². The molecule has 0 amide bonds. The Balaban J connectivity index is 1.24. The minimum absolute atomic E-state index is 0.0916. The molecule has 2 aliphatic heterocycles. The fraction of sp³-hybridized carbons (Fsp3) is 0.682. The molecule has 1 saturated carbocycles. The summed E-state index contributed by atoms with van der Waals surface area (Å²) >= 11 is 0. The van der Waals surface area contributed by atoms with Crippen LogP contribution in [0.2, 0.25) is 0 Å². The monoisotopic (exact) mass is 371 g/mol. The second-order valence-corrected chi connectivity index (χ2v) is 8.73. The molecule has 0 radical (unpaired) electrons. The molecule has 1 aromatic rings. The molecule has 5 nitrogen and oxygen atoms in total. The maximum atomic E-state index is 12.4. The van der Waals surface area contributed by atoms with Crippen LogP contribution in [0.15, 0.2) is 18.2 Å². The van der Waals surface area contributed by atoms with Gasteiger partial charge in [0, 0.05) is 50.5 Å². The zero-order chi connectivity index (χ0) is 18.9. The van der Waals surface area contributed by atoms with E-state index in [2.05, 4.69) is 28.0 Å². The summed E-state index contributed by atoms with van der Waals surface area (Å²) in [6, 6.07) is 6.36. The van der Waals surface area contributed by atoms with Crippen LogP contribution in [0.3, 0.4) is 0 Å². The van der Waals surface area contributed by atoms with Gasteiger partial charge >= 0.3 is 5.97 Å². The number of carbonyl (C=O) groups is 1. The number of nitrogens with zero attached hydrogens (tertiary/aromatic N) is 2. The summed E-state index contributed by atoms with van der Waals surface area (Å²) < 4.78 is 5.77. The van der Waals surface area contributed by atoms with E-state index < -0.39 is 0 Å². The maximum Gasteiger partial charge on any atom is 0.312 e. The van der Waals surface area contributed by atoms with Crippen molar-refractivity contribution in [1.82, 2.24) is 4.90 Å². The van der Waals surface area contributed by atoms with Gasteiger partial charge in [-0.15, -0.1) is 0 Å². The predicted molar refractivity (Wildman–Crippen MR) is 109 cm³/mol. The van der Waals surface area contributed by atoms with E-state index in [1.54, 1.807) is 0 Å². The summed E-state index contributed by atoms with van der Waals surface area (Å²) in [5.41, 5.74) is 9.16. The number of nitrogens with two attached hydrogens (primary N) is 1. The SMILES string of the molecule is Cc1ccc(N2CCN(CCC3CC4(CCCCC4)C(=O)O3)CC2)cc1N. The summed E-state index contributed by atoms with van der Waals surface area (Å²) in [5, 5.41) is 0. The Labute approximate surface area is 162 Å². The van der Waals surface area contributed by atoms with Crippen LogP contribution < -0.4 is 10.6 Å². The van der Waals surface area contributed by atoms with Gasteiger partial charge in [-0.2, -0.15) is 0 Å². The topological polar surface area (TPSA) is 58.8 Å². The van der Waals surface area contributed by atoms with Crippen LogP contribution in [0.4, 0.5) is 11.4 Å². The first-order valence-corrected chi connectivity index (χ1v) is 10.6. The smallest absolute Gasteiger partial charge is 0.312 e. The van der Waals surface area contributed by atoms with E-state index in [0.29, 0.717) is 0 Å². The molecule has 1 unspecified atom stereocenters. The van der Waals surface area contributed by atoms with Crippen LogP contribution in [0.25, 0.3) is 0 Å². The quantitative estimate of drug-likeness (QED) is 0.650. The summed E-state index contributed by atoms with van der Waals surface area (Å²) in [4.78, 5) is 17.3. The molecule has 0 aromatic heterocycles. The number of ether oxygens (including phenoxy) is 1. The van der Waals surface area contributed by atoms with Gasteiger partial charge in [0.05, 0.1) is 5.41 Å². The van der Waals surface area contributed by atoms with Gasteiger partial charge in [0.1, 0.15) is 6.10 Å². The lowest BCUT2D eigenvalue weighted by atomic mass is 9.72. The van der Waals surface area contributed by atoms with Gasteiger partial charge in [0.25, 0.3) is 0 Å². The van der Waals surface area contributed by atoms with Gasteiger partial charge in [-0.25, -0.2) is 0 Å². The van der Waals surface area contributed by atoms with E-state index in [1.165, 1.54) is 24.9 Å². The van der Waals surface area contributed by atoms with Crippen LogP contribution in [-0.4, -0.2) is 49.7 Å². The fourth-order valence-electron chi connectivity index (χ4n) is 5.02. The molecule has 1 aromatic carbocycles. The van der Waals surface area contributed by atoms with E-state index in [4.69, 9.17) is 10.5 Å². The van der Waals surface area contributed by atoms with Crippen LogP contribution in [0.5, 0.6) is 0 Å². The Bertz CT molecular complexity index is 676. The molecule has 2 heterocycles. The molecule has 1 aliphatic carbocycles. The molecule has 1 spiro atoms. The lowest BCUT2D eigenvalue weighted by Gasteiger charge is -2.36. The van der Waals surface area contributed by atoms with Crippen molar-refractivity contribution >= 4 is 17.3 Å². The first kappa shape index (κ1) is 18.6. The van der Waals surface area contributed by atoms with E-state index >= 15 is 0 Å². The number of anilines is 2. The number of benzene rings is 1. The third-order valence-electron chi connectivity index (χ3n) is 6.90. The maximum absolute atomic E-state index is 12.4. The average Bonchev–Trinajstić information content (AvgIpc) is 2.98. The normalized spacial score (nSPS) is 25.7. The minimum atomic E-state index is -0.132. The number of nitrogen functional groups attached to an aromatic ring is 1. The number of hydrogen-bond acceptors (Lipinski definition) is 5. The summed E-state index contributed by atoms with van der Waals surface area (Å²) in [6.07, 6.45) is 7.79. The van der Waals surface area contributed by atoms with Crippen molar-refractivity contribution in [3.63, 3.8) is 0 Å². The number of piperazine rings is 1. The molecule has 0 bridgehead atoms. The fourth-order valence-corrected chi connectivity index (χ4v) is 5.02. The third-order valence-corrected chi connectivity index (χ3v) is 6.90. The molecule has 2 saturated heterocycles. The summed E-state index contributed by atoms with van der Waals surface area (Å²) in [5.74, 6) is 0.0916. The number of cyclic esters (lactones) is 1. The van der Waals surface area contributed by atoms with Gasteiger partial charge in [0.15, 0.2) is 0 Å². The molecule has 5 heteroatoms. The Morgan fingerprint density at radius 1 is 1.15 bits per heavy atom. The van der Waals surface area contributed by atoms with E-state index in [0.717, 1.165) is 69.7 Å². The summed E-state index contributed by atoms with van der Waals surface area (Å²) in [7, 11) is 0. The van der Waals surface area contributed by atoms with Crippen LogP contribution in [-0.2, 0) is 9.53 Å². The molecule has 3 fully saturated rings. The highest BCUT2D eigenvalue weighted by molar-refractivity contribution is 5.79. The van der Waals surface area contributed by atoms with Crippen molar-refractivity contribution in [2.24, 2.45) is 5.41 Å². The van der Waals surface area contributed by atoms with Crippen molar-refractivity contribution in [3.05, 3.63) is 23.8 Å². The van der Waals surface area contributed by atoms with Crippen LogP contribution in [0.1, 0.15) is 50.5 Å². The third kappa shape index (κ3) is 3.93. The van der Waals surface area contributed by atoms with Gasteiger partial charge in [-0.3, -0.25) is 9.69 Å². The highest BCUT2D eigenvalue weighted by atomic mass is 16.6. The lowest BCUT2D eigenvalue weighted by molar-refractivity contribution is -0.150. The van der Waals surface area contributed by atoms with Gasteiger partial charge < -0.3 is 15.4 Å². The first-order chi connectivity index (χ1) is 13.1. The Morgan fingerprint density at radius 3 is 2.59 bits per heavy atom. The van der Waals surface area contributed by atoms with Crippen molar-refractivity contribution in [3.8, 4) is 0 Å². The number of esters is 1. The first-order valence-electron chi connectivity index (χ1n) is 10.6. The Morgan fingerprint density at radius 2 is 1.89 bits per heavy atom. The molecule has 2 N–H and O–H groups in total. The van der Waals surface area contributed by atoms with E-state index in [1.807, 2.05) is 6.92 Å². The van der Waals surface area contributed by atoms with Crippen LogP contribution in [0, 0.1) is 12.3 Å². The highest BCUT2D eigenvalue weighted by Gasteiger charge is 2.48. The van der Waals surface area contributed by atoms with E-state index in [-0.39, 0.29) is 17.5 Å². The second-order valence-electron chi connectivity index (χ2n) is 8.73. The second kappa shape index (κ2) is 7.70. The van der Waals surface area contributed by atoms with Gasteiger partial charge in [-0.05, 0) is 43.9 Å². The van der Waals surface area contributed by atoms with Crippen LogP contribution >= 0.6 is 0 Å². The van der Waals surface area contributed by atoms with E-state index in [9.17, 15) is 4.79 Å². The minimum Gasteiger partial charge on any atom is -0.462 e. The number of carbonyl (C=O) groups excluding carboxylic acids is 1. The molecule has 1 atom stereocenters. The van der Waals surface area contributed by atoms with Crippen molar-refractivity contribution in [2.75, 3.05) is 43.4 Å². The van der Waals surface area contributed by atoms with Crippen molar-refractivity contribution < 1.29 is 9.53 Å². The zero-order valence-corrected chi connectivity index (χ0v) is 16.6. The molecular formula is C22H33N3O2.